The third-order valence-electron chi connectivity index (χ3n) is 2.04. The summed E-state index contributed by atoms with van der Waals surface area (Å²) in [5, 5.41) is 0.802. The van der Waals surface area contributed by atoms with E-state index in [2.05, 4.69) is 12.1 Å². The van der Waals surface area contributed by atoms with E-state index in [0.717, 1.165) is 24.3 Å². The molecule has 80 valence electrons. The summed E-state index contributed by atoms with van der Waals surface area (Å²) in [5.41, 5.74) is 7.00. The van der Waals surface area contributed by atoms with Crippen LogP contribution in [0.3, 0.4) is 0 Å². The Balaban J connectivity index is 0.00000169. The van der Waals surface area contributed by atoms with Crippen molar-refractivity contribution in [1.82, 2.24) is 0 Å². The van der Waals surface area contributed by atoms with E-state index in [0.29, 0.717) is 6.04 Å². The molecule has 1 atom stereocenters. The summed E-state index contributed by atoms with van der Waals surface area (Å²) >= 11 is 5.78. The van der Waals surface area contributed by atoms with Gasteiger partial charge in [0.05, 0.1) is 0 Å². The maximum absolute atomic E-state index is 5.78. The van der Waals surface area contributed by atoms with Gasteiger partial charge in [-0.3, -0.25) is 0 Å². The van der Waals surface area contributed by atoms with Crippen molar-refractivity contribution in [3.05, 3.63) is 34.9 Å². The van der Waals surface area contributed by atoms with E-state index >= 15 is 0 Å². The standard InChI is InChI=1S/C11H16ClN.BrH/c1-9(13)3-2-4-10-5-7-11(12)8-6-10;/h5-9H,2-4,13H2,1H3;1H. The number of nitrogens with two attached hydrogens (primary N) is 1. The van der Waals surface area contributed by atoms with E-state index in [1.807, 2.05) is 19.1 Å². The average Bonchev–Trinajstić information content (AvgIpc) is 2.08. The van der Waals surface area contributed by atoms with Crippen molar-refractivity contribution >= 4 is 28.6 Å². The molecule has 3 heteroatoms. The van der Waals surface area contributed by atoms with Crippen molar-refractivity contribution in [3.63, 3.8) is 0 Å². The van der Waals surface area contributed by atoms with Crippen molar-refractivity contribution in [2.75, 3.05) is 0 Å². The molecule has 0 amide bonds. The molecule has 2 N–H and O–H groups in total. The van der Waals surface area contributed by atoms with Crippen LogP contribution < -0.4 is 5.73 Å². The molecule has 0 aromatic heterocycles. The highest BCUT2D eigenvalue weighted by Gasteiger charge is 1.96. The summed E-state index contributed by atoms with van der Waals surface area (Å²) in [6.45, 7) is 2.04. The minimum Gasteiger partial charge on any atom is -0.328 e. The molecule has 1 nitrogen and oxygen atoms in total. The number of halogens is 2. The van der Waals surface area contributed by atoms with Crippen LogP contribution in [0.25, 0.3) is 0 Å². The van der Waals surface area contributed by atoms with Crippen molar-refractivity contribution in [2.45, 2.75) is 32.2 Å². The Morgan fingerprint density at radius 1 is 1.29 bits per heavy atom. The molecule has 0 aliphatic rings. The van der Waals surface area contributed by atoms with Crippen LogP contribution in [0.2, 0.25) is 5.02 Å². The lowest BCUT2D eigenvalue weighted by molar-refractivity contribution is 0.624. The summed E-state index contributed by atoms with van der Waals surface area (Å²) in [6, 6.07) is 8.32. The van der Waals surface area contributed by atoms with Crippen LogP contribution in [0.1, 0.15) is 25.3 Å². The first-order valence-corrected chi connectivity index (χ1v) is 5.06. The molecule has 0 saturated heterocycles. The van der Waals surface area contributed by atoms with Crippen LogP contribution in [-0.2, 0) is 6.42 Å². The Kier molecular flexibility index (Phi) is 7.24. The SMILES string of the molecule is Br.CC(N)CCCc1ccc(Cl)cc1. The molecular formula is C11H17BrClN. The van der Waals surface area contributed by atoms with Gasteiger partial charge in [-0.1, -0.05) is 23.7 Å². The van der Waals surface area contributed by atoms with Gasteiger partial charge in [0.25, 0.3) is 0 Å². The first-order valence-electron chi connectivity index (χ1n) is 4.68. The fourth-order valence-corrected chi connectivity index (χ4v) is 1.41. The van der Waals surface area contributed by atoms with Gasteiger partial charge in [-0.25, -0.2) is 0 Å². The van der Waals surface area contributed by atoms with Gasteiger partial charge < -0.3 is 5.73 Å². The summed E-state index contributed by atoms with van der Waals surface area (Å²) in [5.74, 6) is 0. The molecule has 0 fully saturated rings. The zero-order chi connectivity index (χ0) is 9.68. The van der Waals surface area contributed by atoms with Crippen molar-refractivity contribution in [2.24, 2.45) is 5.73 Å². The summed E-state index contributed by atoms with van der Waals surface area (Å²) in [7, 11) is 0. The van der Waals surface area contributed by atoms with Crippen molar-refractivity contribution in [3.8, 4) is 0 Å². The smallest absolute Gasteiger partial charge is 0.0406 e. The predicted octanol–water partition coefficient (Wildman–Crippen LogP) is 3.59. The Morgan fingerprint density at radius 3 is 2.36 bits per heavy atom. The predicted molar refractivity (Wildman–Crippen MR) is 68.4 cm³/mol. The van der Waals surface area contributed by atoms with Crippen molar-refractivity contribution < 1.29 is 0 Å². The summed E-state index contributed by atoms with van der Waals surface area (Å²) in [4.78, 5) is 0. The zero-order valence-electron chi connectivity index (χ0n) is 8.37. The number of hydrogen-bond donors (Lipinski definition) is 1. The van der Waals surface area contributed by atoms with Gasteiger partial charge in [0, 0.05) is 11.1 Å². The number of rotatable bonds is 4. The highest BCUT2D eigenvalue weighted by Crippen LogP contribution is 2.11. The molecular weight excluding hydrogens is 261 g/mol. The summed E-state index contributed by atoms with van der Waals surface area (Å²) < 4.78 is 0. The van der Waals surface area contributed by atoms with E-state index in [-0.39, 0.29) is 17.0 Å². The van der Waals surface area contributed by atoms with Crippen LogP contribution in [0, 0.1) is 0 Å². The Morgan fingerprint density at radius 2 is 1.86 bits per heavy atom. The monoisotopic (exact) mass is 277 g/mol. The second-order valence-corrected chi connectivity index (χ2v) is 3.93. The van der Waals surface area contributed by atoms with Gasteiger partial charge in [-0.05, 0) is 43.9 Å². The zero-order valence-corrected chi connectivity index (χ0v) is 10.8. The molecule has 0 saturated carbocycles. The van der Waals surface area contributed by atoms with E-state index < -0.39 is 0 Å². The lowest BCUT2D eigenvalue weighted by atomic mass is 10.1. The molecule has 1 rings (SSSR count). The third-order valence-corrected chi connectivity index (χ3v) is 2.29. The molecule has 0 aliphatic heterocycles. The maximum Gasteiger partial charge on any atom is 0.0406 e. The maximum atomic E-state index is 5.78. The van der Waals surface area contributed by atoms with Gasteiger partial charge in [0.2, 0.25) is 0 Å². The van der Waals surface area contributed by atoms with Gasteiger partial charge in [0.15, 0.2) is 0 Å². The second kappa shape index (κ2) is 7.27. The normalized spacial score (nSPS) is 11.9. The average molecular weight is 279 g/mol. The first kappa shape index (κ1) is 13.9. The largest absolute Gasteiger partial charge is 0.328 e. The lowest BCUT2D eigenvalue weighted by Gasteiger charge is -2.04. The van der Waals surface area contributed by atoms with Crippen LogP contribution in [0.5, 0.6) is 0 Å². The quantitative estimate of drug-likeness (QED) is 0.895. The third kappa shape index (κ3) is 5.63. The highest BCUT2D eigenvalue weighted by atomic mass is 79.9. The molecule has 0 radical (unpaired) electrons. The Hall–Kier alpha value is -0.0500. The van der Waals surface area contributed by atoms with Gasteiger partial charge >= 0.3 is 0 Å². The van der Waals surface area contributed by atoms with E-state index in [1.54, 1.807) is 0 Å². The molecule has 0 aliphatic carbocycles. The first-order chi connectivity index (χ1) is 6.18. The van der Waals surface area contributed by atoms with Gasteiger partial charge in [0.1, 0.15) is 0 Å². The Labute approximate surface area is 101 Å². The summed E-state index contributed by atoms with van der Waals surface area (Å²) in [6.07, 6.45) is 3.33. The van der Waals surface area contributed by atoms with Gasteiger partial charge in [-0.15, -0.1) is 17.0 Å². The van der Waals surface area contributed by atoms with E-state index in [4.69, 9.17) is 17.3 Å². The molecule has 14 heavy (non-hydrogen) atoms. The van der Waals surface area contributed by atoms with Crippen LogP contribution >= 0.6 is 28.6 Å². The number of benzene rings is 1. The minimum atomic E-state index is 0. The molecule has 0 bridgehead atoms. The number of hydrogen-bond acceptors (Lipinski definition) is 1. The topological polar surface area (TPSA) is 26.0 Å². The molecule has 1 unspecified atom stereocenters. The highest BCUT2D eigenvalue weighted by molar-refractivity contribution is 8.93. The minimum absolute atomic E-state index is 0. The molecule has 0 heterocycles. The lowest BCUT2D eigenvalue weighted by Crippen LogP contribution is -2.14. The molecule has 1 aromatic rings. The van der Waals surface area contributed by atoms with E-state index in [1.165, 1.54) is 5.56 Å². The van der Waals surface area contributed by atoms with Gasteiger partial charge in [-0.2, -0.15) is 0 Å². The molecule has 0 spiro atoms. The Bertz CT molecular complexity index is 246. The fourth-order valence-electron chi connectivity index (χ4n) is 1.28. The van der Waals surface area contributed by atoms with Crippen molar-refractivity contribution in [1.29, 1.82) is 0 Å². The van der Waals surface area contributed by atoms with Crippen LogP contribution in [0.15, 0.2) is 24.3 Å². The number of aryl methyl sites for hydroxylation is 1. The molecule has 1 aromatic carbocycles. The van der Waals surface area contributed by atoms with Crippen LogP contribution in [0.4, 0.5) is 0 Å². The van der Waals surface area contributed by atoms with E-state index in [9.17, 15) is 0 Å². The second-order valence-electron chi connectivity index (χ2n) is 3.50. The fraction of sp³-hybridized carbons (Fsp3) is 0.455. The van der Waals surface area contributed by atoms with Crippen LogP contribution in [-0.4, -0.2) is 6.04 Å².